The van der Waals surface area contributed by atoms with E-state index < -0.39 is 10.9 Å². The average Bonchev–Trinajstić information content (AvgIpc) is 2.65. The molecule has 0 spiro atoms. The Labute approximate surface area is 150 Å². The molecule has 128 valence electrons. The third-order valence-electron chi connectivity index (χ3n) is 4.17. The van der Waals surface area contributed by atoms with Crippen LogP contribution in [0.5, 0.6) is 0 Å². The lowest BCUT2D eigenvalue weighted by molar-refractivity contribution is 0.0875. The van der Waals surface area contributed by atoms with Gasteiger partial charge in [0.05, 0.1) is 6.54 Å². The Balaban J connectivity index is 1.95. The molecule has 4 nitrogen and oxygen atoms in total. The van der Waals surface area contributed by atoms with Gasteiger partial charge in [-0.3, -0.25) is 13.9 Å². The van der Waals surface area contributed by atoms with Crippen LogP contribution < -0.4 is 0 Å². The molecule has 1 aliphatic rings. The smallest absolute Gasteiger partial charge is 0.269 e. The molecule has 0 saturated heterocycles. The van der Waals surface area contributed by atoms with Gasteiger partial charge in [0.25, 0.3) is 11.8 Å². The Morgan fingerprint density at radius 2 is 1.44 bits per heavy atom. The van der Waals surface area contributed by atoms with Gasteiger partial charge in [0, 0.05) is 27.8 Å². The van der Waals surface area contributed by atoms with Gasteiger partial charge >= 0.3 is 0 Å². The van der Waals surface area contributed by atoms with Crippen molar-refractivity contribution in [1.29, 1.82) is 0 Å². The number of carbonyl (C=O) groups is 2. The van der Waals surface area contributed by atoms with Crippen molar-refractivity contribution in [3.63, 3.8) is 0 Å². The Bertz CT molecular complexity index is 858. The van der Waals surface area contributed by atoms with E-state index in [-0.39, 0.29) is 11.8 Å². The summed E-state index contributed by atoms with van der Waals surface area (Å²) in [7, 11) is -0.793. The Morgan fingerprint density at radius 3 is 2.04 bits per heavy atom. The number of hydrogen-bond donors (Lipinski definition) is 0. The molecule has 1 atom stereocenters. The van der Waals surface area contributed by atoms with Gasteiger partial charge in [0.15, 0.2) is 0 Å². The highest BCUT2D eigenvalue weighted by atomic mass is 32.2. The molecule has 0 N–H and O–H groups in total. The monoisotopic (exact) mass is 352 g/mol. The molecule has 0 saturated carbocycles. The van der Waals surface area contributed by atoms with Crippen LogP contribution in [0.25, 0.3) is 0 Å². The SMILES string of the molecule is CC1=C(C)CS(=NC(=O)c2ccccc2)N(C(=O)c2ccccc2)C1. The van der Waals surface area contributed by atoms with E-state index in [1.54, 1.807) is 28.6 Å². The molecule has 5 heteroatoms. The van der Waals surface area contributed by atoms with E-state index in [0.717, 1.165) is 5.57 Å². The second-order valence-corrected chi connectivity index (χ2v) is 7.61. The van der Waals surface area contributed by atoms with E-state index in [1.165, 1.54) is 5.57 Å². The van der Waals surface area contributed by atoms with E-state index in [0.29, 0.717) is 23.4 Å². The molecule has 2 amide bonds. The third-order valence-corrected chi connectivity index (χ3v) is 6.04. The van der Waals surface area contributed by atoms with E-state index in [1.807, 2.05) is 50.2 Å². The fourth-order valence-electron chi connectivity index (χ4n) is 2.52. The maximum Gasteiger partial charge on any atom is 0.284 e. The molecule has 0 fully saturated rings. The minimum atomic E-state index is -0.793. The minimum absolute atomic E-state index is 0.0830. The standard InChI is InChI=1S/C20H20N2O2S/c1-15-13-22(20(24)18-11-7-4-8-12-18)25(14-16(15)2)21-19(23)17-9-5-3-6-10-17/h3-12H,13-14H2,1-2H3. The van der Waals surface area contributed by atoms with Crippen molar-refractivity contribution in [1.82, 2.24) is 4.31 Å². The highest BCUT2D eigenvalue weighted by Crippen LogP contribution is 2.21. The van der Waals surface area contributed by atoms with Crippen LogP contribution in [0.2, 0.25) is 0 Å². The van der Waals surface area contributed by atoms with Gasteiger partial charge in [-0.15, -0.1) is 0 Å². The Hall–Kier alpha value is -2.53. The molecule has 1 aliphatic heterocycles. The van der Waals surface area contributed by atoms with E-state index in [9.17, 15) is 9.59 Å². The number of nitrogens with zero attached hydrogens (tertiary/aromatic N) is 2. The van der Waals surface area contributed by atoms with Crippen LogP contribution in [0, 0.1) is 0 Å². The predicted molar refractivity (Wildman–Crippen MR) is 101 cm³/mol. The number of benzene rings is 2. The molecular weight excluding hydrogens is 332 g/mol. The predicted octanol–water partition coefficient (Wildman–Crippen LogP) is 4.04. The summed E-state index contributed by atoms with van der Waals surface area (Å²) in [5.41, 5.74) is 3.53. The molecule has 2 aromatic carbocycles. The summed E-state index contributed by atoms with van der Waals surface area (Å²) in [6, 6.07) is 18.1. The summed E-state index contributed by atoms with van der Waals surface area (Å²) in [5.74, 6) is 0.255. The van der Waals surface area contributed by atoms with Crippen LogP contribution in [-0.2, 0) is 10.9 Å². The summed E-state index contributed by atoms with van der Waals surface area (Å²) >= 11 is 0. The van der Waals surface area contributed by atoms with Crippen LogP contribution in [0.3, 0.4) is 0 Å². The highest BCUT2D eigenvalue weighted by molar-refractivity contribution is 7.86. The van der Waals surface area contributed by atoms with Crippen molar-refractivity contribution in [2.45, 2.75) is 13.8 Å². The van der Waals surface area contributed by atoms with Crippen LogP contribution in [0.1, 0.15) is 34.6 Å². The zero-order valence-corrected chi connectivity index (χ0v) is 15.1. The first kappa shape index (κ1) is 17.3. The fourth-order valence-corrected chi connectivity index (χ4v) is 4.41. The highest BCUT2D eigenvalue weighted by Gasteiger charge is 2.26. The molecule has 2 aromatic rings. The van der Waals surface area contributed by atoms with Crippen molar-refractivity contribution in [3.05, 3.63) is 82.9 Å². The first-order valence-corrected chi connectivity index (χ1v) is 9.41. The molecule has 0 radical (unpaired) electrons. The first-order valence-electron chi connectivity index (χ1n) is 8.10. The first-order chi connectivity index (χ1) is 12.1. The van der Waals surface area contributed by atoms with Crippen LogP contribution >= 0.6 is 0 Å². The van der Waals surface area contributed by atoms with Crippen molar-refractivity contribution in [3.8, 4) is 0 Å². The average molecular weight is 352 g/mol. The Kier molecular flexibility index (Phi) is 5.24. The zero-order chi connectivity index (χ0) is 17.8. The lowest BCUT2D eigenvalue weighted by Crippen LogP contribution is -2.39. The van der Waals surface area contributed by atoms with Crippen molar-refractivity contribution in [2.24, 2.45) is 4.36 Å². The summed E-state index contributed by atoms with van der Waals surface area (Å²) in [6.07, 6.45) is 0. The number of amides is 2. The number of rotatable bonds is 2. The quantitative estimate of drug-likeness (QED) is 0.766. The maximum absolute atomic E-state index is 12.9. The second kappa shape index (κ2) is 7.57. The normalized spacial score (nSPS) is 17.7. The lowest BCUT2D eigenvalue weighted by atomic mass is 10.1. The second-order valence-electron chi connectivity index (χ2n) is 6.02. The van der Waals surface area contributed by atoms with Crippen LogP contribution in [0.4, 0.5) is 0 Å². The topological polar surface area (TPSA) is 49.7 Å². The van der Waals surface area contributed by atoms with Gasteiger partial charge in [-0.05, 0) is 38.1 Å². The van der Waals surface area contributed by atoms with Crippen LogP contribution in [-0.4, -0.2) is 28.4 Å². The zero-order valence-electron chi connectivity index (χ0n) is 14.3. The van der Waals surface area contributed by atoms with Gasteiger partial charge < -0.3 is 0 Å². The van der Waals surface area contributed by atoms with Crippen LogP contribution in [0.15, 0.2) is 76.2 Å². The molecule has 3 rings (SSSR count). The van der Waals surface area contributed by atoms with Gasteiger partial charge in [-0.2, -0.15) is 4.36 Å². The van der Waals surface area contributed by atoms with E-state index in [2.05, 4.69) is 4.36 Å². The van der Waals surface area contributed by atoms with Gasteiger partial charge in [0.1, 0.15) is 0 Å². The molecule has 0 aromatic heterocycles. The summed E-state index contributed by atoms with van der Waals surface area (Å²) in [4.78, 5) is 25.4. The minimum Gasteiger partial charge on any atom is -0.269 e. The number of carbonyl (C=O) groups excluding carboxylic acids is 2. The summed E-state index contributed by atoms with van der Waals surface area (Å²) in [6.45, 7) is 4.58. The van der Waals surface area contributed by atoms with Crippen molar-refractivity contribution < 1.29 is 9.59 Å². The summed E-state index contributed by atoms with van der Waals surface area (Å²) in [5, 5.41) is 0. The van der Waals surface area contributed by atoms with Gasteiger partial charge in [-0.1, -0.05) is 47.5 Å². The van der Waals surface area contributed by atoms with E-state index >= 15 is 0 Å². The third kappa shape index (κ3) is 3.94. The van der Waals surface area contributed by atoms with E-state index in [4.69, 9.17) is 0 Å². The molecule has 1 heterocycles. The van der Waals surface area contributed by atoms with Crippen molar-refractivity contribution >= 4 is 22.7 Å². The van der Waals surface area contributed by atoms with Crippen molar-refractivity contribution in [2.75, 3.05) is 12.3 Å². The molecular formula is C20H20N2O2S. The van der Waals surface area contributed by atoms with Gasteiger partial charge in [-0.25, -0.2) is 0 Å². The molecule has 0 bridgehead atoms. The number of hydrogen-bond acceptors (Lipinski definition) is 2. The Morgan fingerprint density at radius 1 is 0.880 bits per heavy atom. The molecule has 25 heavy (non-hydrogen) atoms. The van der Waals surface area contributed by atoms with Gasteiger partial charge in [0.2, 0.25) is 0 Å². The molecule has 1 unspecified atom stereocenters. The largest absolute Gasteiger partial charge is 0.284 e. The summed E-state index contributed by atoms with van der Waals surface area (Å²) < 4.78 is 6.10. The molecule has 0 aliphatic carbocycles. The lowest BCUT2D eigenvalue weighted by Gasteiger charge is -2.30. The fraction of sp³-hybridized carbons (Fsp3) is 0.200. The maximum atomic E-state index is 12.9.